The lowest BCUT2D eigenvalue weighted by Gasteiger charge is -2.14. The molecule has 0 saturated carbocycles. The number of pyridine rings is 1. The van der Waals surface area contributed by atoms with Gasteiger partial charge in [-0.05, 0) is 63.1 Å². The predicted molar refractivity (Wildman–Crippen MR) is 91.0 cm³/mol. The Morgan fingerprint density at radius 2 is 2.00 bits per heavy atom. The van der Waals surface area contributed by atoms with E-state index in [1.165, 1.54) is 21.6 Å². The Hall–Kier alpha value is -1.32. The van der Waals surface area contributed by atoms with Crippen LogP contribution < -0.4 is 5.32 Å². The van der Waals surface area contributed by atoms with E-state index >= 15 is 0 Å². The first-order valence-corrected chi connectivity index (χ1v) is 8.36. The zero-order valence-electron chi connectivity index (χ0n) is 13.3. The third-order valence-electron chi connectivity index (χ3n) is 3.50. The zero-order valence-corrected chi connectivity index (χ0v) is 14.1. The third-order valence-corrected chi connectivity index (χ3v) is 4.61. The van der Waals surface area contributed by atoms with Crippen molar-refractivity contribution in [2.24, 2.45) is 0 Å². The summed E-state index contributed by atoms with van der Waals surface area (Å²) in [4.78, 5) is 5.77. The van der Waals surface area contributed by atoms with Gasteiger partial charge in [-0.15, -0.1) is 0 Å². The lowest BCUT2D eigenvalue weighted by Crippen LogP contribution is -2.19. The summed E-state index contributed by atoms with van der Waals surface area (Å²) in [5.74, 6) is 0. The Bertz CT molecular complexity index is 596. The van der Waals surface area contributed by atoms with E-state index in [9.17, 15) is 0 Å². The molecule has 0 spiro atoms. The van der Waals surface area contributed by atoms with Crippen molar-refractivity contribution in [3.05, 3.63) is 53.2 Å². The van der Waals surface area contributed by atoms with Crippen molar-refractivity contribution in [2.75, 3.05) is 6.54 Å². The van der Waals surface area contributed by atoms with E-state index in [0.29, 0.717) is 6.04 Å². The molecular formula is C18H24N2S. The fourth-order valence-electron chi connectivity index (χ4n) is 2.26. The number of aromatic nitrogens is 1. The molecule has 1 aromatic carbocycles. The van der Waals surface area contributed by atoms with Gasteiger partial charge < -0.3 is 5.32 Å². The summed E-state index contributed by atoms with van der Waals surface area (Å²) in [5.41, 5.74) is 3.91. The maximum Gasteiger partial charge on any atom is 0.101 e. The Morgan fingerprint density at radius 3 is 2.71 bits per heavy atom. The summed E-state index contributed by atoms with van der Waals surface area (Å²) in [6.45, 7) is 9.72. The van der Waals surface area contributed by atoms with Gasteiger partial charge in [0.05, 0.1) is 0 Å². The highest BCUT2D eigenvalue weighted by Crippen LogP contribution is 2.30. The first-order chi connectivity index (χ1) is 10.1. The van der Waals surface area contributed by atoms with Gasteiger partial charge >= 0.3 is 0 Å². The molecule has 1 aromatic heterocycles. The second kappa shape index (κ2) is 7.62. The second-order valence-electron chi connectivity index (χ2n) is 5.47. The normalized spacial score (nSPS) is 12.4. The maximum atomic E-state index is 4.50. The van der Waals surface area contributed by atoms with Gasteiger partial charge in [0, 0.05) is 17.1 Å². The molecule has 112 valence electrons. The van der Waals surface area contributed by atoms with Crippen LogP contribution in [0.2, 0.25) is 0 Å². The molecule has 0 bridgehead atoms. The molecule has 2 nitrogen and oxygen atoms in total. The third kappa shape index (κ3) is 4.58. The minimum Gasteiger partial charge on any atom is -0.310 e. The fourth-order valence-corrected chi connectivity index (χ4v) is 3.14. The van der Waals surface area contributed by atoms with Gasteiger partial charge in [-0.3, -0.25) is 0 Å². The summed E-state index contributed by atoms with van der Waals surface area (Å²) in [7, 11) is 0. The van der Waals surface area contributed by atoms with E-state index in [0.717, 1.165) is 18.0 Å². The van der Waals surface area contributed by atoms with Crippen LogP contribution >= 0.6 is 11.8 Å². The number of nitrogens with one attached hydrogen (secondary N) is 1. The van der Waals surface area contributed by atoms with E-state index < -0.39 is 0 Å². The van der Waals surface area contributed by atoms with Crippen LogP contribution in [0.15, 0.2) is 46.5 Å². The van der Waals surface area contributed by atoms with Crippen molar-refractivity contribution >= 4 is 11.8 Å². The van der Waals surface area contributed by atoms with Crippen LogP contribution in [0, 0.1) is 13.8 Å². The summed E-state index contributed by atoms with van der Waals surface area (Å²) in [6.07, 6.45) is 3.06. The van der Waals surface area contributed by atoms with Crippen molar-refractivity contribution < 1.29 is 0 Å². The van der Waals surface area contributed by atoms with Crippen molar-refractivity contribution in [3.8, 4) is 0 Å². The molecule has 0 saturated heterocycles. The standard InChI is InChI=1S/C18H24N2S/c1-5-9-19-15(4)16-8-10-20-18(12-16)21-17-7-6-13(2)11-14(17)3/h6-8,10-12,15,19H,5,9H2,1-4H3. The quantitative estimate of drug-likeness (QED) is 0.820. The Balaban J connectivity index is 2.13. The van der Waals surface area contributed by atoms with E-state index in [4.69, 9.17) is 0 Å². The predicted octanol–water partition coefficient (Wildman–Crippen LogP) is 4.91. The zero-order chi connectivity index (χ0) is 15.2. The summed E-state index contributed by atoms with van der Waals surface area (Å²) >= 11 is 1.74. The second-order valence-corrected chi connectivity index (χ2v) is 6.54. The monoisotopic (exact) mass is 300 g/mol. The molecule has 0 aliphatic rings. The minimum absolute atomic E-state index is 0.367. The Morgan fingerprint density at radius 1 is 1.19 bits per heavy atom. The summed E-state index contributed by atoms with van der Waals surface area (Å²) in [6, 6.07) is 11.2. The first-order valence-electron chi connectivity index (χ1n) is 7.54. The SMILES string of the molecule is CCCNC(C)c1ccnc(Sc2ccc(C)cc2C)c1. The summed E-state index contributed by atoms with van der Waals surface area (Å²) < 4.78 is 0. The largest absolute Gasteiger partial charge is 0.310 e. The number of benzene rings is 1. The van der Waals surface area contributed by atoms with E-state index in [1.54, 1.807) is 11.8 Å². The number of hydrogen-bond donors (Lipinski definition) is 1. The molecule has 0 aliphatic carbocycles. The Kier molecular flexibility index (Phi) is 5.83. The highest BCUT2D eigenvalue weighted by molar-refractivity contribution is 7.99. The molecule has 21 heavy (non-hydrogen) atoms. The minimum atomic E-state index is 0.367. The molecule has 0 radical (unpaired) electrons. The van der Waals surface area contributed by atoms with Gasteiger partial charge in [-0.2, -0.15) is 0 Å². The molecule has 1 N–H and O–H groups in total. The van der Waals surface area contributed by atoms with Crippen LogP contribution in [-0.4, -0.2) is 11.5 Å². The molecule has 1 unspecified atom stereocenters. The van der Waals surface area contributed by atoms with Gasteiger partial charge in [0.1, 0.15) is 5.03 Å². The lowest BCUT2D eigenvalue weighted by molar-refractivity contribution is 0.569. The molecule has 2 aromatic rings. The van der Waals surface area contributed by atoms with Crippen LogP contribution in [0.3, 0.4) is 0 Å². The van der Waals surface area contributed by atoms with Crippen molar-refractivity contribution in [1.29, 1.82) is 0 Å². The molecule has 0 amide bonds. The molecule has 0 aliphatic heterocycles. The van der Waals surface area contributed by atoms with Crippen molar-refractivity contribution in [3.63, 3.8) is 0 Å². The van der Waals surface area contributed by atoms with Crippen LogP contribution in [-0.2, 0) is 0 Å². The molecule has 2 rings (SSSR count). The maximum absolute atomic E-state index is 4.50. The number of rotatable bonds is 6. The van der Waals surface area contributed by atoms with Crippen LogP contribution in [0.25, 0.3) is 0 Å². The molecule has 0 fully saturated rings. The van der Waals surface area contributed by atoms with Crippen LogP contribution in [0.5, 0.6) is 0 Å². The molecule has 3 heteroatoms. The van der Waals surface area contributed by atoms with Gasteiger partial charge in [0.2, 0.25) is 0 Å². The van der Waals surface area contributed by atoms with Gasteiger partial charge in [-0.1, -0.05) is 36.4 Å². The Labute approximate surface area is 132 Å². The van der Waals surface area contributed by atoms with Crippen LogP contribution in [0.1, 0.15) is 43.0 Å². The first kappa shape index (κ1) is 16.1. The summed E-state index contributed by atoms with van der Waals surface area (Å²) in [5, 5.41) is 4.58. The number of hydrogen-bond acceptors (Lipinski definition) is 3. The van der Waals surface area contributed by atoms with Crippen LogP contribution in [0.4, 0.5) is 0 Å². The molecule has 1 heterocycles. The topological polar surface area (TPSA) is 24.9 Å². The average Bonchev–Trinajstić information content (AvgIpc) is 2.48. The van der Waals surface area contributed by atoms with E-state index in [2.05, 4.69) is 68.3 Å². The van der Waals surface area contributed by atoms with Crippen molar-refractivity contribution in [2.45, 2.75) is 50.1 Å². The van der Waals surface area contributed by atoms with Crippen molar-refractivity contribution in [1.82, 2.24) is 10.3 Å². The highest BCUT2D eigenvalue weighted by atomic mass is 32.2. The number of nitrogens with zero attached hydrogens (tertiary/aromatic N) is 1. The lowest BCUT2D eigenvalue weighted by atomic mass is 10.1. The van der Waals surface area contributed by atoms with Gasteiger partial charge in [-0.25, -0.2) is 4.98 Å². The highest BCUT2D eigenvalue weighted by Gasteiger charge is 2.07. The molecule has 1 atom stereocenters. The van der Waals surface area contributed by atoms with Gasteiger partial charge in [0.15, 0.2) is 0 Å². The van der Waals surface area contributed by atoms with E-state index in [-0.39, 0.29) is 0 Å². The average molecular weight is 300 g/mol. The smallest absolute Gasteiger partial charge is 0.101 e. The van der Waals surface area contributed by atoms with Gasteiger partial charge in [0.25, 0.3) is 0 Å². The van der Waals surface area contributed by atoms with E-state index in [1.807, 2.05) is 6.20 Å². The fraction of sp³-hybridized carbons (Fsp3) is 0.389. The number of aryl methyl sites for hydroxylation is 2. The molecular weight excluding hydrogens is 276 g/mol.